The largest absolute Gasteiger partial charge is 0.311 e. The lowest BCUT2D eigenvalue weighted by atomic mass is 9.70. The van der Waals surface area contributed by atoms with Crippen LogP contribution in [0, 0.1) is 0 Å². The second-order valence-electron chi connectivity index (χ2n) is 18.4. The SMILES string of the molecule is c1ccc(-c2ccc(N(c3ccc(-c4ccc5c(c4)c4ccccc4n5-c4ccccc4)cc3)c3ccc(-c4cccc5c4-c4ccccc4C54c5ccccc5-c5ccccc54)cc3)cc2)cc1. The zero-order valence-corrected chi connectivity index (χ0v) is 37.8. The molecule has 0 aliphatic heterocycles. The maximum atomic E-state index is 2.38. The molecule has 0 bridgehead atoms. The Morgan fingerprint density at radius 1 is 0.275 bits per heavy atom. The summed E-state index contributed by atoms with van der Waals surface area (Å²) in [6, 6.07) is 98.3. The van der Waals surface area contributed by atoms with Crippen LogP contribution in [0.3, 0.4) is 0 Å². The molecule has 0 saturated carbocycles. The maximum absolute atomic E-state index is 2.38. The van der Waals surface area contributed by atoms with Crippen LogP contribution in [0.4, 0.5) is 17.1 Å². The van der Waals surface area contributed by atoms with Gasteiger partial charge in [0.1, 0.15) is 0 Å². The van der Waals surface area contributed by atoms with E-state index in [-0.39, 0.29) is 5.41 Å². The Morgan fingerprint density at radius 2 is 0.710 bits per heavy atom. The van der Waals surface area contributed by atoms with Crippen molar-refractivity contribution >= 4 is 38.9 Å². The number of para-hydroxylation sites is 2. The number of aromatic nitrogens is 1. The molecule has 2 heteroatoms. The van der Waals surface area contributed by atoms with Crippen molar-refractivity contribution in [3.8, 4) is 61.3 Å². The summed E-state index contributed by atoms with van der Waals surface area (Å²) < 4.78 is 2.37. The van der Waals surface area contributed by atoms with Crippen LogP contribution < -0.4 is 4.90 Å². The van der Waals surface area contributed by atoms with Gasteiger partial charge in [-0.05, 0) is 145 Å². The third-order valence-electron chi connectivity index (χ3n) is 14.8. The molecule has 0 atom stereocenters. The summed E-state index contributed by atoms with van der Waals surface area (Å²) in [5, 5.41) is 2.50. The average molecular weight is 877 g/mol. The van der Waals surface area contributed by atoms with Gasteiger partial charge in [0.15, 0.2) is 0 Å². The Morgan fingerprint density at radius 3 is 1.35 bits per heavy atom. The molecule has 0 radical (unpaired) electrons. The van der Waals surface area contributed by atoms with E-state index < -0.39 is 0 Å². The summed E-state index contributed by atoms with van der Waals surface area (Å²) >= 11 is 0. The molecule has 2 nitrogen and oxygen atoms in total. The number of fused-ring (bicyclic) bond motifs is 13. The molecule has 0 amide bonds. The summed E-state index contributed by atoms with van der Waals surface area (Å²) in [6.07, 6.45) is 0. The van der Waals surface area contributed by atoms with Crippen molar-refractivity contribution in [1.29, 1.82) is 0 Å². The average Bonchev–Trinajstić information content (AvgIpc) is 4.04. The Bertz CT molecular complexity index is 3870. The first-order valence-electron chi connectivity index (χ1n) is 23.9. The Kier molecular flexibility index (Phi) is 8.84. The highest BCUT2D eigenvalue weighted by Crippen LogP contribution is 2.64. The minimum atomic E-state index is -0.378. The zero-order valence-electron chi connectivity index (χ0n) is 37.8. The van der Waals surface area contributed by atoms with Crippen molar-refractivity contribution in [2.45, 2.75) is 5.41 Å². The minimum Gasteiger partial charge on any atom is -0.311 e. The van der Waals surface area contributed by atoms with Gasteiger partial charge in [0.2, 0.25) is 0 Å². The second kappa shape index (κ2) is 15.6. The highest BCUT2D eigenvalue weighted by atomic mass is 15.1. The first kappa shape index (κ1) is 39.2. The molecular formula is C67H44N2. The van der Waals surface area contributed by atoms with Crippen molar-refractivity contribution in [2.75, 3.05) is 4.90 Å². The van der Waals surface area contributed by atoms with Crippen LogP contribution in [0.1, 0.15) is 22.3 Å². The highest BCUT2D eigenvalue weighted by Gasteiger charge is 2.52. The summed E-state index contributed by atoms with van der Waals surface area (Å²) in [6.45, 7) is 0. The van der Waals surface area contributed by atoms with Gasteiger partial charge in [-0.1, -0.05) is 200 Å². The maximum Gasteiger partial charge on any atom is 0.0725 e. The fourth-order valence-electron chi connectivity index (χ4n) is 11.9. The Balaban J connectivity index is 0.867. The van der Waals surface area contributed by atoms with E-state index in [0.717, 1.165) is 17.1 Å². The zero-order chi connectivity index (χ0) is 45.5. The van der Waals surface area contributed by atoms with Gasteiger partial charge in [0.05, 0.1) is 16.4 Å². The monoisotopic (exact) mass is 876 g/mol. The predicted octanol–water partition coefficient (Wildman–Crippen LogP) is 17.6. The van der Waals surface area contributed by atoms with Gasteiger partial charge in [-0.15, -0.1) is 0 Å². The lowest BCUT2D eigenvalue weighted by Crippen LogP contribution is -2.25. The molecule has 1 spiro atoms. The topological polar surface area (TPSA) is 8.17 Å². The molecule has 12 aromatic rings. The van der Waals surface area contributed by atoms with Crippen molar-refractivity contribution < 1.29 is 0 Å². The molecule has 0 unspecified atom stereocenters. The van der Waals surface area contributed by atoms with Crippen LogP contribution in [0.5, 0.6) is 0 Å². The smallest absolute Gasteiger partial charge is 0.0725 e. The molecule has 11 aromatic carbocycles. The van der Waals surface area contributed by atoms with Gasteiger partial charge in [0.25, 0.3) is 0 Å². The third kappa shape index (κ3) is 5.92. The van der Waals surface area contributed by atoms with Gasteiger partial charge in [-0.2, -0.15) is 0 Å². The number of rotatable bonds is 7. The quantitative estimate of drug-likeness (QED) is 0.155. The summed E-state index contributed by atoms with van der Waals surface area (Å²) in [7, 11) is 0. The van der Waals surface area contributed by atoms with Crippen molar-refractivity contribution in [3.63, 3.8) is 0 Å². The van der Waals surface area contributed by atoms with Crippen LogP contribution >= 0.6 is 0 Å². The Hall–Kier alpha value is -8.98. The summed E-state index contributed by atoms with van der Waals surface area (Å²) in [5.74, 6) is 0. The summed E-state index contributed by atoms with van der Waals surface area (Å²) in [4.78, 5) is 2.38. The fraction of sp³-hybridized carbons (Fsp3) is 0.0149. The molecule has 69 heavy (non-hydrogen) atoms. The number of anilines is 3. The molecular weight excluding hydrogens is 833 g/mol. The lowest BCUT2D eigenvalue weighted by molar-refractivity contribution is 0.794. The van der Waals surface area contributed by atoms with E-state index in [0.29, 0.717) is 0 Å². The van der Waals surface area contributed by atoms with Gasteiger partial charge in [0, 0.05) is 33.5 Å². The molecule has 0 fully saturated rings. The molecule has 1 heterocycles. The number of benzene rings is 11. The fourth-order valence-corrected chi connectivity index (χ4v) is 11.9. The van der Waals surface area contributed by atoms with Gasteiger partial charge < -0.3 is 9.47 Å². The van der Waals surface area contributed by atoms with Gasteiger partial charge >= 0.3 is 0 Å². The van der Waals surface area contributed by atoms with E-state index >= 15 is 0 Å². The standard InChI is InChI=1S/C67H44N2/c1-3-16-45(17-4-1)46-30-37-51(38-31-46)68(52-39-32-47(33-40-52)49-36-43-65-59(44-49)57-22-10-14-29-64(57)69(65)50-18-5-2-6-19-50)53-41-34-48(35-42-53)54-24-15-28-63-66(54)58-23-9-13-27-62(58)67(63)60-25-11-7-20-55(60)56-21-8-12-26-61(56)67/h1-44H. The van der Waals surface area contributed by atoms with Crippen molar-refractivity contribution in [1.82, 2.24) is 4.57 Å². The number of hydrogen-bond acceptors (Lipinski definition) is 1. The van der Waals surface area contributed by atoms with E-state index in [1.54, 1.807) is 0 Å². The second-order valence-corrected chi connectivity index (χ2v) is 18.4. The number of hydrogen-bond donors (Lipinski definition) is 0. The first-order valence-corrected chi connectivity index (χ1v) is 23.9. The molecule has 0 saturated heterocycles. The van der Waals surface area contributed by atoms with E-state index in [1.807, 2.05) is 0 Å². The summed E-state index contributed by atoms with van der Waals surface area (Å²) in [5.41, 5.74) is 24.4. The molecule has 1 aromatic heterocycles. The van der Waals surface area contributed by atoms with E-state index in [9.17, 15) is 0 Å². The lowest BCUT2D eigenvalue weighted by Gasteiger charge is -2.30. The number of nitrogens with zero attached hydrogens (tertiary/aromatic N) is 2. The van der Waals surface area contributed by atoms with Crippen molar-refractivity contribution in [3.05, 3.63) is 289 Å². The van der Waals surface area contributed by atoms with E-state index in [4.69, 9.17) is 0 Å². The van der Waals surface area contributed by atoms with Crippen LogP contribution in [-0.4, -0.2) is 4.57 Å². The van der Waals surface area contributed by atoms with Gasteiger partial charge in [-0.3, -0.25) is 0 Å². The molecule has 14 rings (SSSR count). The molecule has 0 N–H and O–H groups in total. The first-order chi connectivity index (χ1) is 34.2. The molecule has 322 valence electrons. The highest BCUT2D eigenvalue weighted by molar-refractivity contribution is 6.10. The van der Waals surface area contributed by atoms with Crippen molar-refractivity contribution in [2.24, 2.45) is 0 Å². The van der Waals surface area contributed by atoms with Crippen LogP contribution in [0.15, 0.2) is 267 Å². The van der Waals surface area contributed by atoms with Gasteiger partial charge in [-0.25, -0.2) is 0 Å². The molecule has 2 aliphatic rings. The normalized spacial score (nSPS) is 12.8. The van der Waals surface area contributed by atoms with Crippen LogP contribution in [0.25, 0.3) is 83.1 Å². The minimum absolute atomic E-state index is 0.378. The molecule has 2 aliphatic carbocycles. The van der Waals surface area contributed by atoms with Crippen LogP contribution in [0.2, 0.25) is 0 Å². The van der Waals surface area contributed by atoms with Crippen LogP contribution in [-0.2, 0) is 5.41 Å². The van der Waals surface area contributed by atoms with E-state index in [1.165, 1.54) is 105 Å². The Labute approximate surface area is 402 Å². The third-order valence-corrected chi connectivity index (χ3v) is 14.8. The predicted molar refractivity (Wildman–Crippen MR) is 288 cm³/mol. The van der Waals surface area contributed by atoms with E-state index in [2.05, 4.69) is 276 Å².